The van der Waals surface area contributed by atoms with Crippen molar-refractivity contribution < 1.29 is 19.0 Å². The summed E-state index contributed by atoms with van der Waals surface area (Å²) in [5.74, 6) is 1.47. The first-order valence-electron chi connectivity index (χ1n) is 10.3. The van der Waals surface area contributed by atoms with Gasteiger partial charge in [-0.05, 0) is 37.8 Å². The lowest BCUT2D eigenvalue weighted by atomic mass is 9.93. The van der Waals surface area contributed by atoms with Crippen LogP contribution in [0.15, 0.2) is 24.4 Å². The van der Waals surface area contributed by atoms with Crippen molar-refractivity contribution in [3.05, 3.63) is 24.4 Å². The van der Waals surface area contributed by atoms with Crippen LogP contribution in [0.1, 0.15) is 25.7 Å². The topological polar surface area (TPSA) is 85.8 Å². The minimum Gasteiger partial charge on any atom is -0.474 e. The van der Waals surface area contributed by atoms with Gasteiger partial charge in [0.2, 0.25) is 11.8 Å². The van der Waals surface area contributed by atoms with E-state index in [1.807, 2.05) is 18.2 Å². The number of morpholine rings is 1. The minimum atomic E-state index is -0.0613. The quantitative estimate of drug-likeness (QED) is 0.793. The number of pyridine rings is 2. The number of carbonyl (C=O) groups is 1. The molecule has 8 nitrogen and oxygen atoms in total. The molecule has 1 aliphatic carbocycles. The van der Waals surface area contributed by atoms with Crippen LogP contribution in [0.5, 0.6) is 5.88 Å². The Kier molecular flexibility index (Phi) is 6.41. The van der Waals surface area contributed by atoms with Gasteiger partial charge in [0.15, 0.2) is 0 Å². The van der Waals surface area contributed by atoms with E-state index in [0.29, 0.717) is 19.1 Å². The molecule has 2 aliphatic rings. The summed E-state index contributed by atoms with van der Waals surface area (Å²) in [6.45, 7) is 3.15. The van der Waals surface area contributed by atoms with Gasteiger partial charge < -0.3 is 24.4 Å². The van der Waals surface area contributed by atoms with Crippen LogP contribution in [0.3, 0.4) is 0 Å². The number of nitrogens with zero attached hydrogens (tertiary/aromatic N) is 3. The van der Waals surface area contributed by atoms with Crippen LogP contribution in [0.4, 0.5) is 5.82 Å². The number of anilines is 1. The number of nitrogens with one attached hydrogen (secondary N) is 1. The first-order valence-corrected chi connectivity index (χ1v) is 10.3. The van der Waals surface area contributed by atoms with Crippen LogP contribution in [0.2, 0.25) is 0 Å². The number of carbonyl (C=O) groups excluding carboxylic acids is 1. The molecular formula is C21H28N4O4. The number of amides is 1. The van der Waals surface area contributed by atoms with Crippen LogP contribution in [0, 0.1) is 0 Å². The Hall–Kier alpha value is -2.45. The third kappa shape index (κ3) is 4.94. The van der Waals surface area contributed by atoms with E-state index in [2.05, 4.69) is 15.2 Å². The van der Waals surface area contributed by atoms with Crippen LogP contribution >= 0.6 is 0 Å². The molecule has 3 heterocycles. The molecule has 1 aliphatic heterocycles. The van der Waals surface area contributed by atoms with Gasteiger partial charge in [0.1, 0.15) is 18.5 Å². The van der Waals surface area contributed by atoms with Crippen molar-refractivity contribution in [1.82, 2.24) is 15.3 Å². The van der Waals surface area contributed by atoms with Gasteiger partial charge in [0.05, 0.1) is 24.1 Å². The van der Waals surface area contributed by atoms with Gasteiger partial charge in [-0.2, -0.15) is 4.98 Å². The normalized spacial score (nSPS) is 22.4. The zero-order valence-electron chi connectivity index (χ0n) is 16.8. The van der Waals surface area contributed by atoms with E-state index in [1.54, 1.807) is 6.20 Å². The van der Waals surface area contributed by atoms with E-state index in [9.17, 15) is 4.79 Å². The van der Waals surface area contributed by atoms with Gasteiger partial charge in [-0.15, -0.1) is 0 Å². The van der Waals surface area contributed by atoms with Crippen molar-refractivity contribution >= 4 is 22.6 Å². The van der Waals surface area contributed by atoms with E-state index >= 15 is 0 Å². The molecule has 0 atom stereocenters. The lowest BCUT2D eigenvalue weighted by Gasteiger charge is -2.31. The Balaban J connectivity index is 1.45. The zero-order valence-corrected chi connectivity index (χ0v) is 16.8. The Morgan fingerprint density at radius 1 is 1.28 bits per heavy atom. The molecule has 156 valence electrons. The van der Waals surface area contributed by atoms with Crippen LogP contribution in [0.25, 0.3) is 10.9 Å². The van der Waals surface area contributed by atoms with E-state index in [4.69, 9.17) is 19.2 Å². The summed E-state index contributed by atoms with van der Waals surface area (Å²) in [5.41, 5.74) is 0.888. The van der Waals surface area contributed by atoms with Crippen molar-refractivity contribution in [1.29, 1.82) is 0 Å². The highest BCUT2D eigenvalue weighted by Gasteiger charge is 2.25. The summed E-state index contributed by atoms with van der Waals surface area (Å²) >= 11 is 0. The molecule has 1 amide bonds. The first-order chi connectivity index (χ1) is 14.2. The first kappa shape index (κ1) is 19.8. The molecule has 4 rings (SSSR count). The highest BCUT2D eigenvalue weighted by atomic mass is 16.5. The number of methoxy groups -OCH3 is 1. The number of hydrogen-bond donors (Lipinski definition) is 1. The Morgan fingerprint density at radius 2 is 2.07 bits per heavy atom. The molecule has 29 heavy (non-hydrogen) atoms. The molecule has 0 radical (unpaired) electrons. The van der Waals surface area contributed by atoms with Gasteiger partial charge in [-0.25, -0.2) is 0 Å². The van der Waals surface area contributed by atoms with Gasteiger partial charge in [0, 0.05) is 38.5 Å². The molecule has 1 saturated heterocycles. The molecule has 0 bridgehead atoms. The average molecular weight is 400 g/mol. The lowest BCUT2D eigenvalue weighted by molar-refractivity contribution is -0.125. The second kappa shape index (κ2) is 9.37. The summed E-state index contributed by atoms with van der Waals surface area (Å²) in [5, 5.41) is 3.95. The maximum absolute atomic E-state index is 11.7. The highest BCUT2D eigenvalue weighted by molar-refractivity contribution is 5.85. The number of aromatic nitrogens is 2. The maximum atomic E-state index is 11.7. The van der Waals surface area contributed by atoms with Crippen LogP contribution in [-0.2, 0) is 14.3 Å². The van der Waals surface area contributed by atoms with Gasteiger partial charge in [0.25, 0.3) is 0 Å². The van der Waals surface area contributed by atoms with Gasteiger partial charge >= 0.3 is 0 Å². The molecule has 1 saturated carbocycles. The van der Waals surface area contributed by atoms with Crippen molar-refractivity contribution in [3.8, 4) is 5.88 Å². The lowest BCUT2D eigenvalue weighted by Crippen LogP contribution is -2.41. The predicted molar refractivity (Wildman–Crippen MR) is 109 cm³/mol. The fourth-order valence-electron chi connectivity index (χ4n) is 3.96. The maximum Gasteiger partial charge on any atom is 0.246 e. The van der Waals surface area contributed by atoms with E-state index in [-0.39, 0.29) is 24.7 Å². The Labute approximate surface area is 170 Å². The number of ether oxygens (including phenoxy) is 3. The Morgan fingerprint density at radius 3 is 2.83 bits per heavy atom. The SMILES string of the molecule is COCC(=O)N[C@H]1CC[C@@H](Oc2nc(N3CCOCC3)cc3ncccc23)CC1. The average Bonchev–Trinajstić information content (AvgIpc) is 2.76. The van der Waals surface area contributed by atoms with Crippen LogP contribution in [-0.4, -0.2) is 68.0 Å². The van der Waals surface area contributed by atoms with E-state index < -0.39 is 0 Å². The molecule has 2 aromatic heterocycles. The summed E-state index contributed by atoms with van der Waals surface area (Å²) in [4.78, 5) is 23.3. The standard InChI is InChI=1S/C21H28N4O4/c1-27-14-20(26)23-15-4-6-16(7-5-15)29-21-17-3-2-8-22-18(17)13-19(24-21)25-9-11-28-12-10-25/h2-3,8,13,15-16H,4-7,9-12,14H2,1H3,(H,23,26)/t15-,16+. The number of rotatable bonds is 6. The van der Waals surface area contributed by atoms with Gasteiger partial charge in [-0.1, -0.05) is 0 Å². The summed E-state index contributed by atoms with van der Waals surface area (Å²) in [6, 6.07) is 6.12. The largest absolute Gasteiger partial charge is 0.474 e. The molecule has 2 aromatic rings. The minimum absolute atomic E-state index is 0.0613. The number of hydrogen-bond acceptors (Lipinski definition) is 7. The molecule has 0 spiro atoms. The van der Waals surface area contributed by atoms with Crippen molar-refractivity contribution in [2.24, 2.45) is 0 Å². The second-order valence-electron chi connectivity index (χ2n) is 7.55. The highest BCUT2D eigenvalue weighted by Crippen LogP contribution is 2.30. The summed E-state index contributed by atoms with van der Waals surface area (Å²) in [7, 11) is 1.53. The molecule has 0 unspecified atom stereocenters. The zero-order chi connectivity index (χ0) is 20.1. The summed E-state index contributed by atoms with van der Waals surface area (Å²) in [6.07, 6.45) is 5.41. The van der Waals surface area contributed by atoms with Crippen molar-refractivity contribution in [2.45, 2.75) is 37.8 Å². The summed E-state index contributed by atoms with van der Waals surface area (Å²) < 4.78 is 16.7. The molecule has 1 N–H and O–H groups in total. The van der Waals surface area contributed by atoms with Gasteiger partial charge in [-0.3, -0.25) is 9.78 Å². The van der Waals surface area contributed by atoms with E-state index in [1.165, 1.54) is 7.11 Å². The predicted octanol–water partition coefficient (Wildman–Crippen LogP) is 1.92. The fraction of sp³-hybridized carbons (Fsp3) is 0.571. The monoisotopic (exact) mass is 400 g/mol. The van der Waals surface area contributed by atoms with Crippen LogP contribution < -0.4 is 15.0 Å². The number of fused-ring (bicyclic) bond motifs is 1. The van der Waals surface area contributed by atoms with Crippen molar-refractivity contribution in [3.63, 3.8) is 0 Å². The molecule has 2 fully saturated rings. The smallest absolute Gasteiger partial charge is 0.246 e. The fourth-order valence-corrected chi connectivity index (χ4v) is 3.96. The second-order valence-corrected chi connectivity index (χ2v) is 7.55. The third-order valence-corrected chi connectivity index (χ3v) is 5.48. The molecule has 8 heteroatoms. The molecule has 0 aromatic carbocycles. The third-order valence-electron chi connectivity index (χ3n) is 5.48. The molecular weight excluding hydrogens is 372 g/mol. The Bertz CT molecular complexity index is 833. The van der Waals surface area contributed by atoms with E-state index in [0.717, 1.165) is 55.5 Å². The van der Waals surface area contributed by atoms with Crippen molar-refractivity contribution in [2.75, 3.05) is 44.9 Å².